The van der Waals surface area contributed by atoms with E-state index in [0.717, 1.165) is 36.4 Å². The zero-order chi connectivity index (χ0) is 19.0. The molecule has 0 aliphatic carbocycles. The monoisotopic (exact) mass is 400 g/mol. The van der Waals surface area contributed by atoms with E-state index in [1.807, 2.05) is 35.7 Å². The molecule has 140 valence electrons. The number of hydrogen-bond acceptors (Lipinski definition) is 4. The summed E-state index contributed by atoms with van der Waals surface area (Å²) in [5.74, 6) is 0.0735. The van der Waals surface area contributed by atoms with Gasteiger partial charge in [0, 0.05) is 23.0 Å². The van der Waals surface area contributed by atoms with Crippen molar-refractivity contribution >= 4 is 40.3 Å². The van der Waals surface area contributed by atoms with E-state index in [2.05, 4.69) is 11.8 Å². The Hall–Kier alpha value is -2.11. The summed E-state index contributed by atoms with van der Waals surface area (Å²) in [4.78, 5) is 30.9. The third-order valence-corrected chi connectivity index (χ3v) is 6.43. The fraction of sp³-hybridized carbons (Fsp3) is 0.333. The van der Waals surface area contributed by atoms with Crippen molar-refractivity contribution in [1.29, 1.82) is 0 Å². The van der Waals surface area contributed by atoms with Crippen LogP contribution in [0.2, 0.25) is 5.02 Å². The Morgan fingerprint density at radius 3 is 2.67 bits per heavy atom. The number of rotatable bonds is 4. The molecule has 4 nitrogen and oxygen atoms in total. The van der Waals surface area contributed by atoms with Crippen molar-refractivity contribution in [3.63, 3.8) is 0 Å². The van der Waals surface area contributed by atoms with Crippen LogP contribution in [0.5, 0.6) is 0 Å². The number of amides is 2. The molecule has 2 aliphatic heterocycles. The number of piperidine rings is 1. The van der Waals surface area contributed by atoms with Crippen molar-refractivity contribution in [2.45, 2.75) is 26.3 Å². The van der Waals surface area contributed by atoms with Crippen LogP contribution in [-0.2, 0) is 16.1 Å². The molecular weight excluding hydrogens is 380 g/mol. The first-order chi connectivity index (χ1) is 13.1. The highest BCUT2D eigenvalue weighted by Gasteiger charge is 2.42. The first-order valence-electron chi connectivity index (χ1n) is 9.19. The number of carbonyl (C=O) groups is 2. The van der Waals surface area contributed by atoms with Crippen molar-refractivity contribution in [3.05, 3.63) is 62.9 Å². The Labute approximate surface area is 168 Å². The number of carbonyl (C=O) groups excluding carboxylic acids is 2. The predicted molar refractivity (Wildman–Crippen MR) is 108 cm³/mol. The molecule has 2 aliphatic rings. The standard InChI is InChI=1S/C21H21ClN2O2S/c1-14-6-4-10-23(12-14)19-18(17-9-5-11-27-17)20(25)24(21(19)26)13-15-7-2-3-8-16(15)22/h2-3,5,7-9,11,14H,4,6,10,12-13H2,1H3. The smallest absolute Gasteiger partial charge is 0.278 e. The van der Waals surface area contributed by atoms with E-state index in [9.17, 15) is 9.59 Å². The van der Waals surface area contributed by atoms with Gasteiger partial charge < -0.3 is 4.90 Å². The second-order valence-corrected chi connectivity index (χ2v) is 8.54. The second kappa shape index (κ2) is 7.49. The minimum atomic E-state index is -0.226. The summed E-state index contributed by atoms with van der Waals surface area (Å²) in [6, 6.07) is 11.2. The quantitative estimate of drug-likeness (QED) is 0.713. The van der Waals surface area contributed by atoms with E-state index < -0.39 is 0 Å². The molecule has 1 atom stereocenters. The molecule has 1 aromatic heterocycles. The lowest BCUT2D eigenvalue weighted by molar-refractivity contribution is -0.138. The van der Waals surface area contributed by atoms with Crippen molar-refractivity contribution < 1.29 is 9.59 Å². The lowest BCUT2D eigenvalue weighted by Gasteiger charge is -2.33. The Morgan fingerprint density at radius 1 is 1.15 bits per heavy atom. The Morgan fingerprint density at radius 2 is 1.96 bits per heavy atom. The molecule has 1 unspecified atom stereocenters. The molecule has 1 fully saturated rings. The summed E-state index contributed by atoms with van der Waals surface area (Å²) in [5, 5.41) is 2.50. The number of imide groups is 1. The van der Waals surface area contributed by atoms with Crippen LogP contribution in [0.3, 0.4) is 0 Å². The highest BCUT2D eigenvalue weighted by molar-refractivity contribution is 7.11. The highest BCUT2D eigenvalue weighted by Crippen LogP contribution is 2.36. The topological polar surface area (TPSA) is 40.6 Å². The van der Waals surface area contributed by atoms with Crippen LogP contribution in [0.4, 0.5) is 0 Å². The van der Waals surface area contributed by atoms with E-state index in [1.54, 1.807) is 6.07 Å². The Kier molecular flexibility index (Phi) is 5.06. The number of hydrogen-bond donors (Lipinski definition) is 0. The van der Waals surface area contributed by atoms with Gasteiger partial charge in [0.15, 0.2) is 0 Å². The molecule has 0 saturated carbocycles. The fourth-order valence-corrected chi connectivity index (χ4v) is 4.79. The Bertz CT molecular complexity index is 907. The zero-order valence-electron chi connectivity index (χ0n) is 15.2. The summed E-state index contributed by atoms with van der Waals surface area (Å²) in [6.07, 6.45) is 2.19. The van der Waals surface area contributed by atoms with Crippen molar-refractivity contribution in [1.82, 2.24) is 9.80 Å². The number of thiophene rings is 1. The van der Waals surface area contributed by atoms with E-state index in [-0.39, 0.29) is 18.4 Å². The average molecular weight is 401 g/mol. The molecule has 1 saturated heterocycles. The first-order valence-corrected chi connectivity index (χ1v) is 10.4. The van der Waals surface area contributed by atoms with Crippen molar-refractivity contribution in [3.8, 4) is 0 Å². The van der Waals surface area contributed by atoms with E-state index in [1.165, 1.54) is 16.2 Å². The predicted octanol–water partition coefficient (Wildman–Crippen LogP) is 4.41. The van der Waals surface area contributed by atoms with Crippen LogP contribution >= 0.6 is 22.9 Å². The van der Waals surface area contributed by atoms with Gasteiger partial charge in [-0.25, -0.2) is 0 Å². The van der Waals surface area contributed by atoms with Crippen molar-refractivity contribution in [2.75, 3.05) is 13.1 Å². The van der Waals surface area contributed by atoms with Crippen LogP contribution in [0.25, 0.3) is 5.57 Å². The minimum Gasteiger partial charge on any atom is -0.366 e. The first kappa shape index (κ1) is 18.3. The van der Waals surface area contributed by atoms with Gasteiger partial charge in [-0.3, -0.25) is 14.5 Å². The molecule has 27 heavy (non-hydrogen) atoms. The molecule has 6 heteroatoms. The van der Waals surface area contributed by atoms with Crippen LogP contribution in [-0.4, -0.2) is 34.7 Å². The second-order valence-electron chi connectivity index (χ2n) is 7.18. The SMILES string of the molecule is CC1CCCN(C2=C(c3cccs3)C(=O)N(Cc3ccccc3Cl)C2=O)C1. The molecule has 0 radical (unpaired) electrons. The van der Waals surface area contributed by atoms with E-state index >= 15 is 0 Å². The van der Waals surface area contributed by atoms with Crippen LogP contribution in [0.1, 0.15) is 30.2 Å². The number of likely N-dealkylation sites (tertiary alicyclic amines) is 1. The lowest BCUT2D eigenvalue weighted by atomic mass is 9.99. The third kappa shape index (κ3) is 3.42. The van der Waals surface area contributed by atoms with Gasteiger partial charge in [-0.15, -0.1) is 11.3 Å². The normalized spacial score (nSPS) is 20.7. The molecule has 4 rings (SSSR count). The summed E-state index contributed by atoms with van der Waals surface area (Å²) < 4.78 is 0. The third-order valence-electron chi connectivity index (χ3n) is 5.17. The molecule has 0 spiro atoms. The van der Waals surface area contributed by atoms with Gasteiger partial charge in [0.1, 0.15) is 5.70 Å². The minimum absolute atomic E-state index is 0.194. The van der Waals surface area contributed by atoms with Gasteiger partial charge in [0.05, 0.1) is 12.1 Å². The molecule has 1 aromatic carbocycles. The largest absolute Gasteiger partial charge is 0.366 e. The maximum Gasteiger partial charge on any atom is 0.278 e. The molecule has 2 aromatic rings. The summed E-state index contributed by atoms with van der Waals surface area (Å²) >= 11 is 7.76. The van der Waals surface area contributed by atoms with Gasteiger partial charge in [0.2, 0.25) is 0 Å². The number of nitrogens with zero attached hydrogens (tertiary/aromatic N) is 2. The average Bonchev–Trinajstić information content (AvgIpc) is 3.25. The van der Waals surface area contributed by atoms with Crippen LogP contribution in [0, 0.1) is 5.92 Å². The van der Waals surface area contributed by atoms with E-state index in [4.69, 9.17) is 11.6 Å². The summed E-state index contributed by atoms with van der Waals surface area (Å²) in [6.45, 7) is 4.01. The van der Waals surface area contributed by atoms with Gasteiger partial charge in [-0.1, -0.05) is 42.8 Å². The van der Waals surface area contributed by atoms with Crippen LogP contribution in [0.15, 0.2) is 47.5 Å². The molecular formula is C21H21ClN2O2S. The lowest BCUT2D eigenvalue weighted by Crippen LogP contribution is -2.39. The van der Waals surface area contributed by atoms with Gasteiger partial charge >= 0.3 is 0 Å². The molecule has 3 heterocycles. The fourth-order valence-electron chi connectivity index (χ4n) is 3.83. The summed E-state index contributed by atoms with van der Waals surface area (Å²) in [7, 11) is 0. The number of halogens is 1. The maximum atomic E-state index is 13.3. The molecule has 0 N–H and O–H groups in total. The highest BCUT2D eigenvalue weighted by atomic mass is 35.5. The molecule has 0 bridgehead atoms. The van der Waals surface area contributed by atoms with Gasteiger partial charge in [0.25, 0.3) is 11.8 Å². The summed E-state index contributed by atoms with van der Waals surface area (Å²) in [5.41, 5.74) is 1.87. The molecule has 2 amide bonds. The van der Waals surface area contributed by atoms with Crippen molar-refractivity contribution in [2.24, 2.45) is 5.92 Å². The van der Waals surface area contributed by atoms with E-state index in [0.29, 0.717) is 22.2 Å². The maximum absolute atomic E-state index is 13.3. The van der Waals surface area contributed by atoms with Gasteiger partial charge in [-0.2, -0.15) is 0 Å². The number of benzene rings is 1. The van der Waals surface area contributed by atoms with Crippen LogP contribution < -0.4 is 0 Å². The van der Waals surface area contributed by atoms with Gasteiger partial charge in [-0.05, 0) is 41.8 Å². The Balaban J connectivity index is 1.72. The zero-order valence-corrected chi connectivity index (χ0v) is 16.7.